The highest BCUT2D eigenvalue weighted by atomic mass is 16.3. The molecule has 1 heterocycles. The molecule has 22 heavy (non-hydrogen) atoms. The number of hydrogen-bond donors (Lipinski definition) is 2. The molecule has 1 aliphatic heterocycles. The highest BCUT2D eigenvalue weighted by Crippen LogP contribution is 2.62. The quantitative estimate of drug-likeness (QED) is 0.721. The Bertz CT molecular complexity index is 583. The molecule has 120 valence electrons. The number of carbonyl (C=O) groups is 2. The van der Waals surface area contributed by atoms with Gasteiger partial charge in [0.25, 0.3) is 0 Å². The second-order valence-electron chi connectivity index (χ2n) is 8.30. The van der Waals surface area contributed by atoms with Gasteiger partial charge in [-0.3, -0.25) is 9.59 Å². The maximum atomic E-state index is 12.8. The van der Waals surface area contributed by atoms with Crippen LogP contribution in [0.15, 0.2) is 11.8 Å². The third kappa shape index (κ3) is 1.67. The summed E-state index contributed by atoms with van der Waals surface area (Å²) in [6.45, 7) is 4.39. The van der Waals surface area contributed by atoms with E-state index in [1.807, 2.05) is 0 Å². The van der Waals surface area contributed by atoms with Crippen molar-refractivity contribution in [1.29, 1.82) is 0 Å². The SMILES string of the molecule is C[C@]12CC[C@H]3[C@@H](C(=O)C=C4NC(=O)CC[C@@]43C)[C@@H]1CC[C@@H]2O. The molecule has 1 amide bonds. The standard InChI is InChI=1S/C18H25NO3/c1-17-8-6-15(22)19-13(17)9-12(20)16-10-3-4-14(21)18(10,2)7-5-11(16)17/h9-11,14,16,21H,3-8H2,1-2H3,(H,19,22)/t10-,11-,14-,16-,17+,18-/m0/s1. The number of amides is 1. The van der Waals surface area contributed by atoms with Gasteiger partial charge in [-0.1, -0.05) is 13.8 Å². The summed E-state index contributed by atoms with van der Waals surface area (Å²) in [5, 5.41) is 13.4. The lowest BCUT2D eigenvalue weighted by atomic mass is 9.49. The van der Waals surface area contributed by atoms with E-state index in [2.05, 4.69) is 19.2 Å². The highest BCUT2D eigenvalue weighted by molar-refractivity contribution is 5.96. The molecule has 3 fully saturated rings. The minimum atomic E-state index is -0.268. The van der Waals surface area contributed by atoms with Crippen LogP contribution in [0.1, 0.15) is 52.4 Å². The van der Waals surface area contributed by atoms with E-state index in [0.717, 1.165) is 37.8 Å². The van der Waals surface area contributed by atoms with Crippen LogP contribution in [0.25, 0.3) is 0 Å². The minimum absolute atomic E-state index is 0.0275. The van der Waals surface area contributed by atoms with Crippen LogP contribution in [0.5, 0.6) is 0 Å². The molecule has 0 spiro atoms. The number of nitrogens with one attached hydrogen (secondary N) is 1. The molecule has 4 rings (SSSR count). The molecule has 2 saturated carbocycles. The smallest absolute Gasteiger partial charge is 0.224 e. The van der Waals surface area contributed by atoms with E-state index < -0.39 is 0 Å². The Labute approximate surface area is 131 Å². The fourth-order valence-corrected chi connectivity index (χ4v) is 5.91. The maximum absolute atomic E-state index is 12.8. The summed E-state index contributed by atoms with van der Waals surface area (Å²) in [5.41, 5.74) is 0.662. The Morgan fingerprint density at radius 3 is 2.68 bits per heavy atom. The zero-order chi connectivity index (χ0) is 15.7. The fourth-order valence-electron chi connectivity index (χ4n) is 5.91. The van der Waals surface area contributed by atoms with Gasteiger partial charge in [-0.15, -0.1) is 0 Å². The van der Waals surface area contributed by atoms with Gasteiger partial charge in [0.15, 0.2) is 5.78 Å². The van der Waals surface area contributed by atoms with Crippen molar-refractivity contribution >= 4 is 11.7 Å². The Morgan fingerprint density at radius 1 is 1.14 bits per heavy atom. The molecule has 6 atom stereocenters. The van der Waals surface area contributed by atoms with Crippen LogP contribution in [0, 0.1) is 28.6 Å². The van der Waals surface area contributed by atoms with E-state index in [1.165, 1.54) is 0 Å². The third-order valence-electron chi connectivity index (χ3n) is 7.41. The first-order valence-electron chi connectivity index (χ1n) is 8.60. The summed E-state index contributed by atoms with van der Waals surface area (Å²) in [5.74, 6) is 0.834. The number of piperidine rings is 1. The average Bonchev–Trinajstić information content (AvgIpc) is 2.77. The van der Waals surface area contributed by atoms with Crippen LogP contribution in [0.4, 0.5) is 0 Å². The van der Waals surface area contributed by atoms with Crippen LogP contribution in [-0.2, 0) is 9.59 Å². The van der Waals surface area contributed by atoms with Crippen molar-refractivity contribution in [2.45, 2.75) is 58.5 Å². The molecule has 2 N–H and O–H groups in total. The van der Waals surface area contributed by atoms with Crippen molar-refractivity contribution in [3.05, 3.63) is 11.8 Å². The summed E-state index contributed by atoms with van der Waals surface area (Å²) < 4.78 is 0. The highest BCUT2D eigenvalue weighted by Gasteiger charge is 2.60. The van der Waals surface area contributed by atoms with E-state index in [9.17, 15) is 14.7 Å². The number of ketones is 1. The van der Waals surface area contributed by atoms with Crippen LogP contribution in [0.3, 0.4) is 0 Å². The predicted molar refractivity (Wildman–Crippen MR) is 81.6 cm³/mol. The Hall–Kier alpha value is -1.16. The van der Waals surface area contributed by atoms with Crippen LogP contribution >= 0.6 is 0 Å². The molecule has 0 aromatic heterocycles. The molecule has 0 aromatic rings. The summed E-state index contributed by atoms with van der Waals surface area (Å²) in [6, 6.07) is 0. The molecular weight excluding hydrogens is 278 g/mol. The first kappa shape index (κ1) is 14.4. The lowest BCUT2D eigenvalue weighted by Gasteiger charge is -2.55. The van der Waals surface area contributed by atoms with Crippen molar-refractivity contribution in [2.75, 3.05) is 0 Å². The van der Waals surface area contributed by atoms with Crippen LogP contribution < -0.4 is 5.32 Å². The Kier molecular flexibility index (Phi) is 2.91. The molecule has 1 saturated heterocycles. The van der Waals surface area contributed by atoms with Gasteiger partial charge in [0, 0.05) is 29.5 Å². The lowest BCUT2D eigenvalue weighted by Crippen LogP contribution is -2.56. The van der Waals surface area contributed by atoms with Crippen molar-refractivity contribution in [2.24, 2.45) is 28.6 Å². The number of rotatable bonds is 0. The van der Waals surface area contributed by atoms with Crippen molar-refractivity contribution in [3.8, 4) is 0 Å². The van der Waals surface area contributed by atoms with Gasteiger partial charge in [-0.25, -0.2) is 0 Å². The number of hydrogen-bond acceptors (Lipinski definition) is 3. The number of allylic oxidation sites excluding steroid dienone is 2. The van der Waals surface area contributed by atoms with Crippen molar-refractivity contribution in [3.63, 3.8) is 0 Å². The number of aliphatic hydroxyl groups is 1. The molecule has 4 aliphatic rings. The van der Waals surface area contributed by atoms with Gasteiger partial charge >= 0.3 is 0 Å². The van der Waals surface area contributed by atoms with Gasteiger partial charge in [-0.2, -0.15) is 0 Å². The second kappa shape index (κ2) is 4.44. The first-order chi connectivity index (χ1) is 10.4. The molecular formula is C18H25NO3. The summed E-state index contributed by atoms with van der Waals surface area (Å²) in [4.78, 5) is 24.5. The molecule has 4 heteroatoms. The molecule has 0 aromatic carbocycles. The van der Waals surface area contributed by atoms with Crippen LogP contribution in [-0.4, -0.2) is 22.9 Å². The van der Waals surface area contributed by atoms with Gasteiger partial charge in [0.1, 0.15) is 0 Å². The number of fused-ring (bicyclic) bond motifs is 5. The van der Waals surface area contributed by atoms with Gasteiger partial charge in [-0.05, 0) is 49.4 Å². The van der Waals surface area contributed by atoms with Crippen LogP contribution in [0.2, 0.25) is 0 Å². The zero-order valence-corrected chi connectivity index (χ0v) is 13.4. The predicted octanol–water partition coefficient (Wildman–Crippen LogP) is 2.17. The largest absolute Gasteiger partial charge is 0.393 e. The van der Waals surface area contributed by atoms with Gasteiger partial charge in [0.2, 0.25) is 5.91 Å². The monoisotopic (exact) mass is 303 g/mol. The first-order valence-corrected chi connectivity index (χ1v) is 8.60. The second-order valence-corrected chi connectivity index (χ2v) is 8.30. The Balaban J connectivity index is 1.76. The summed E-state index contributed by atoms with van der Waals surface area (Å²) >= 11 is 0. The Morgan fingerprint density at radius 2 is 1.91 bits per heavy atom. The van der Waals surface area contributed by atoms with E-state index in [1.54, 1.807) is 6.08 Å². The molecule has 3 aliphatic carbocycles. The van der Waals surface area contributed by atoms with E-state index >= 15 is 0 Å². The normalized spacial score (nSPS) is 50.6. The molecule has 0 radical (unpaired) electrons. The zero-order valence-electron chi connectivity index (χ0n) is 13.4. The third-order valence-corrected chi connectivity index (χ3v) is 7.41. The molecule has 0 unspecified atom stereocenters. The molecule has 4 nitrogen and oxygen atoms in total. The molecule has 0 bridgehead atoms. The van der Waals surface area contributed by atoms with E-state index in [-0.39, 0.29) is 34.5 Å². The summed E-state index contributed by atoms with van der Waals surface area (Å²) in [6.07, 6.45) is 6.57. The average molecular weight is 303 g/mol. The number of aliphatic hydroxyl groups excluding tert-OH is 1. The van der Waals surface area contributed by atoms with E-state index in [0.29, 0.717) is 18.3 Å². The van der Waals surface area contributed by atoms with Gasteiger partial charge < -0.3 is 10.4 Å². The lowest BCUT2D eigenvalue weighted by molar-refractivity contribution is -0.137. The van der Waals surface area contributed by atoms with E-state index in [4.69, 9.17) is 0 Å². The minimum Gasteiger partial charge on any atom is -0.393 e. The maximum Gasteiger partial charge on any atom is 0.224 e. The number of carbonyl (C=O) groups excluding carboxylic acids is 2. The van der Waals surface area contributed by atoms with Gasteiger partial charge in [0.05, 0.1) is 6.10 Å². The fraction of sp³-hybridized carbons (Fsp3) is 0.778. The van der Waals surface area contributed by atoms with Crippen molar-refractivity contribution in [1.82, 2.24) is 5.32 Å². The van der Waals surface area contributed by atoms with Crippen molar-refractivity contribution < 1.29 is 14.7 Å². The summed E-state index contributed by atoms with van der Waals surface area (Å²) in [7, 11) is 0. The topological polar surface area (TPSA) is 66.4 Å².